The summed E-state index contributed by atoms with van der Waals surface area (Å²) in [5, 5.41) is 3.43. The molecule has 6 heteroatoms. The fourth-order valence-corrected chi connectivity index (χ4v) is 2.71. The van der Waals surface area contributed by atoms with Crippen molar-refractivity contribution in [3.8, 4) is 0 Å². The molecule has 1 heterocycles. The van der Waals surface area contributed by atoms with E-state index in [0.717, 1.165) is 24.1 Å². The molecule has 1 atom stereocenters. The van der Waals surface area contributed by atoms with Crippen molar-refractivity contribution in [1.82, 2.24) is 15.3 Å². The Hall–Kier alpha value is -1.79. The molecule has 0 spiro atoms. The van der Waals surface area contributed by atoms with Crippen molar-refractivity contribution in [3.63, 3.8) is 0 Å². The lowest BCUT2D eigenvalue weighted by Gasteiger charge is -2.19. The van der Waals surface area contributed by atoms with Crippen molar-refractivity contribution in [2.24, 2.45) is 0 Å². The summed E-state index contributed by atoms with van der Waals surface area (Å²) in [6.07, 6.45) is 7.24. The summed E-state index contributed by atoms with van der Waals surface area (Å²) in [5.41, 5.74) is 1.95. The molecule has 0 aliphatic rings. The van der Waals surface area contributed by atoms with E-state index in [-0.39, 0.29) is 6.04 Å². The van der Waals surface area contributed by atoms with Crippen LogP contribution in [0.25, 0.3) is 0 Å². The molecule has 0 radical (unpaired) electrons. The first-order valence-electron chi connectivity index (χ1n) is 6.80. The summed E-state index contributed by atoms with van der Waals surface area (Å²) in [7, 11) is -3.17. The summed E-state index contributed by atoms with van der Waals surface area (Å²) in [4.78, 5) is 8.42. The first-order valence-corrected chi connectivity index (χ1v) is 8.70. The van der Waals surface area contributed by atoms with Crippen LogP contribution < -0.4 is 5.32 Å². The number of sulfone groups is 1. The summed E-state index contributed by atoms with van der Waals surface area (Å²) >= 11 is 0. The zero-order valence-corrected chi connectivity index (χ0v) is 13.0. The fraction of sp³-hybridized carbons (Fsp3) is 0.333. The Kier molecular flexibility index (Phi) is 5.03. The van der Waals surface area contributed by atoms with Crippen LogP contribution in [0.2, 0.25) is 0 Å². The molecule has 112 valence electrons. The highest BCUT2D eigenvalue weighted by atomic mass is 32.2. The normalized spacial score (nSPS) is 13.0. The maximum absolute atomic E-state index is 11.5. The van der Waals surface area contributed by atoms with Crippen LogP contribution in [0.3, 0.4) is 0 Å². The Balaban J connectivity index is 2.33. The highest BCUT2D eigenvalue weighted by Gasteiger charge is 2.15. The van der Waals surface area contributed by atoms with Crippen LogP contribution in [0.15, 0.2) is 47.9 Å². The minimum Gasteiger partial charge on any atom is -0.306 e. The second kappa shape index (κ2) is 6.78. The number of rotatable bonds is 6. The third kappa shape index (κ3) is 4.09. The van der Waals surface area contributed by atoms with Gasteiger partial charge >= 0.3 is 0 Å². The average molecular weight is 305 g/mol. The standard InChI is InChI=1S/C15H19N3O2S/c1-3-8-18-15(13-9-16-11-17-10-13)12-4-6-14(7-5-12)21(2,19)20/h4-7,9-11,15,18H,3,8H2,1-2H3. The molecule has 0 saturated carbocycles. The maximum atomic E-state index is 11.5. The van der Waals surface area contributed by atoms with Gasteiger partial charge in [-0.3, -0.25) is 0 Å². The van der Waals surface area contributed by atoms with E-state index in [0.29, 0.717) is 4.90 Å². The minimum atomic E-state index is -3.17. The van der Waals surface area contributed by atoms with Crippen molar-refractivity contribution >= 4 is 9.84 Å². The van der Waals surface area contributed by atoms with Gasteiger partial charge in [-0.1, -0.05) is 19.1 Å². The first kappa shape index (κ1) is 15.6. The smallest absolute Gasteiger partial charge is 0.175 e. The predicted molar refractivity (Wildman–Crippen MR) is 81.7 cm³/mol. The first-order chi connectivity index (χ1) is 10.0. The molecule has 1 aromatic carbocycles. The monoisotopic (exact) mass is 305 g/mol. The van der Waals surface area contributed by atoms with E-state index in [1.807, 2.05) is 12.1 Å². The Bertz CT molecular complexity index is 670. The molecule has 2 aromatic rings. The van der Waals surface area contributed by atoms with E-state index in [1.54, 1.807) is 24.5 Å². The predicted octanol–water partition coefficient (Wildman–Crippen LogP) is 1.97. The molecule has 21 heavy (non-hydrogen) atoms. The molecule has 5 nitrogen and oxygen atoms in total. The van der Waals surface area contributed by atoms with Crippen molar-refractivity contribution in [2.45, 2.75) is 24.3 Å². The largest absolute Gasteiger partial charge is 0.306 e. The molecule has 0 bridgehead atoms. The summed E-state index contributed by atoms with van der Waals surface area (Å²) < 4.78 is 23.0. The Morgan fingerprint density at radius 3 is 2.24 bits per heavy atom. The van der Waals surface area contributed by atoms with E-state index < -0.39 is 9.84 Å². The lowest BCUT2D eigenvalue weighted by molar-refractivity contribution is 0.593. The quantitative estimate of drug-likeness (QED) is 0.883. The molecule has 0 saturated heterocycles. The fourth-order valence-electron chi connectivity index (χ4n) is 2.08. The molecule has 0 amide bonds. The zero-order chi connectivity index (χ0) is 15.3. The third-order valence-electron chi connectivity index (χ3n) is 3.15. The number of hydrogen-bond donors (Lipinski definition) is 1. The minimum absolute atomic E-state index is 0.0419. The molecule has 0 aliphatic carbocycles. The highest BCUT2D eigenvalue weighted by molar-refractivity contribution is 7.90. The van der Waals surface area contributed by atoms with Crippen LogP contribution >= 0.6 is 0 Å². The van der Waals surface area contributed by atoms with Gasteiger partial charge in [-0.2, -0.15) is 0 Å². The van der Waals surface area contributed by atoms with Gasteiger partial charge < -0.3 is 5.32 Å². The summed E-state index contributed by atoms with van der Waals surface area (Å²) in [6.45, 7) is 2.95. The van der Waals surface area contributed by atoms with Crippen LogP contribution in [-0.2, 0) is 9.84 Å². The molecule has 1 aromatic heterocycles. The molecule has 0 fully saturated rings. The van der Waals surface area contributed by atoms with Gasteiger partial charge in [0.15, 0.2) is 9.84 Å². The van der Waals surface area contributed by atoms with Crippen molar-refractivity contribution in [2.75, 3.05) is 12.8 Å². The van der Waals surface area contributed by atoms with Crippen molar-refractivity contribution < 1.29 is 8.42 Å². The van der Waals surface area contributed by atoms with Crippen molar-refractivity contribution in [3.05, 3.63) is 54.1 Å². The second-order valence-electron chi connectivity index (χ2n) is 4.90. The van der Waals surface area contributed by atoms with Gasteiger partial charge in [-0.15, -0.1) is 0 Å². The molecular formula is C15H19N3O2S. The van der Waals surface area contributed by atoms with Crippen LogP contribution in [-0.4, -0.2) is 31.2 Å². The lowest BCUT2D eigenvalue weighted by Crippen LogP contribution is -2.23. The Morgan fingerprint density at radius 2 is 1.71 bits per heavy atom. The number of nitrogens with one attached hydrogen (secondary N) is 1. The van der Waals surface area contributed by atoms with Gasteiger partial charge in [-0.05, 0) is 30.7 Å². The Labute approximate surface area is 125 Å². The SMILES string of the molecule is CCCNC(c1ccc(S(C)(=O)=O)cc1)c1cncnc1. The van der Waals surface area contributed by atoms with E-state index in [2.05, 4.69) is 22.2 Å². The summed E-state index contributed by atoms with van der Waals surface area (Å²) in [6, 6.07) is 6.89. The third-order valence-corrected chi connectivity index (χ3v) is 4.28. The van der Waals surface area contributed by atoms with Gasteiger partial charge in [-0.25, -0.2) is 18.4 Å². The van der Waals surface area contributed by atoms with Crippen molar-refractivity contribution in [1.29, 1.82) is 0 Å². The number of hydrogen-bond acceptors (Lipinski definition) is 5. The molecule has 0 aliphatic heterocycles. The topological polar surface area (TPSA) is 72.0 Å². The summed E-state index contributed by atoms with van der Waals surface area (Å²) in [5.74, 6) is 0. The van der Waals surface area contributed by atoms with E-state index in [4.69, 9.17) is 0 Å². The zero-order valence-electron chi connectivity index (χ0n) is 12.2. The molecule has 1 unspecified atom stereocenters. The van der Waals surface area contributed by atoms with Gasteiger partial charge in [0.2, 0.25) is 0 Å². The van der Waals surface area contributed by atoms with Crippen LogP contribution in [0.4, 0.5) is 0 Å². The van der Waals surface area contributed by atoms with Crippen LogP contribution in [0.1, 0.15) is 30.5 Å². The molecule has 1 N–H and O–H groups in total. The molecule has 2 rings (SSSR count). The second-order valence-corrected chi connectivity index (χ2v) is 6.92. The highest BCUT2D eigenvalue weighted by Crippen LogP contribution is 2.22. The molecular weight excluding hydrogens is 286 g/mol. The number of aromatic nitrogens is 2. The average Bonchev–Trinajstić information content (AvgIpc) is 2.48. The van der Waals surface area contributed by atoms with E-state index in [1.165, 1.54) is 12.6 Å². The number of nitrogens with zero attached hydrogens (tertiary/aromatic N) is 2. The van der Waals surface area contributed by atoms with Gasteiger partial charge in [0.05, 0.1) is 10.9 Å². The van der Waals surface area contributed by atoms with Crippen LogP contribution in [0.5, 0.6) is 0 Å². The van der Waals surface area contributed by atoms with E-state index >= 15 is 0 Å². The lowest BCUT2D eigenvalue weighted by atomic mass is 10.0. The number of benzene rings is 1. The van der Waals surface area contributed by atoms with E-state index in [9.17, 15) is 8.42 Å². The van der Waals surface area contributed by atoms with Gasteiger partial charge in [0.25, 0.3) is 0 Å². The van der Waals surface area contributed by atoms with Crippen LogP contribution in [0, 0.1) is 0 Å². The van der Waals surface area contributed by atoms with Gasteiger partial charge in [0, 0.05) is 24.2 Å². The Morgan fingerprint density at radius 1 is 1.10 bits per heavy atom. The van der Waals surface area contributed by atoms with Gasteiger partial charge in [0.1, 0.15) is 6.33 Å². The maximum Gasteiger partial charge on any atom is 0.175 e.